The summed E-state index contributed by atoms with van der Waals surface area (Å²) in [6.45, 7) is 8.76. The van der Waals surface area contributed by atoms with E-state index in [2.05, 4.69) is 91.4 Å². The second-order valence-corrected chi connectivity index (χ2v) is 6.42. The Balaban J connectivity index is 2.08. The van der Waals surface area contributed by atoms with Gasteiger partial charge in [0.05, 0.1) is 0 Å². The molecule has 0 radical (unpaired) electrons. The van der Waals surface area contributed by atoms with Gasteiger partial charge in [-0.1, -0.05) is 46.3 Å². The Morgan fingerprint density at radius 1 is 0.800 bits per heavy atom. The van der Waals surface area contributed by atoms with E-state index in [-0.39, 0.29) is 0 Å². The van der Waals surface area contributed by atoms with E-state index < -0.39 is 0 Å². The molecule has 2 rings (SSSR count). The van der Waals surface area contributed by atoms with Crippen molar-refractivity contribution < 1.29 is 0 Å². The van der Waals surface area contributed by atoms with Crippen molar-refractivity contribution in [3.05, 3.63) is 69.2 Å². The standard InChI is InChI=1S/C18H22BrN/c1-12-5-6-17(11-13(12)2)15(4)20-14(3)16-7-9-18(19)10-8-16/h5-11,14-15,20H,1-4H3/t14-,15?/m1/s1. The summed E-state index contributed by atoms with van der Waals surface area (Å²) in [6.07, 6.45) is 0. The van der Waals surface area contributed by atoms with Crippen molar-refractivity contribution >= 4 is 15.9 Å². The number of nitrogens with one attached hydrogen (secondary N) is 1. The monoisotopic (exact) mass is 331 g/mol. The molecule has 2 heteroatoms. The molecule has 1 unspecified atom stereocenters. The van der Waals surface area contributed by atoms with Gasteiger partial charge in [0, 0.05) is 16.6 Å². The Morgan fingerprint density at radius 3 is 1.95 bits per heavy atom. The fourth-order valence-corrected chi connectivity index (χ4v) is 2.62. The van der Waals surface area contributed by atoms with Crippen LogP contribution in [0.25, 0.3) is 0 Å². The number of aryl methyl sites for hydroxylation is 2. The van der Waals surface area contributed by atoms with E-state index in [0.717, 1.165) is 4.47 Å². The number of hydrogen-bond acceptors (Lipinski definition) is 1. The molecule has 0 aromatic heterocycles. The van der Waals surface area contributed by atoms with Crippen LogP contribution in [0.4, 0.5) is 0 Å². The number of benzene rings is 2. The second-order valence-electron chi connectivity index (χ2n) is 5.51. The lowest BCUT2D eigenvalue weighted by atomic mass is 10.0. The summed E-state index contributed by atoms with van der Waals surface area (Å²) >= 11 is 3.48. The van der Waals surface area contributed by atoms with Crippen molar-refractivity contribution in [1.82, 2.24) is 5.32 Å². The summed E-state index contributed by atoms with van der Waals surface area (Å²) < 4.78 is 1.12. The molecule has 20 heavy (non-hydrogen) atoms. The third-order valence-electron chi connectivity index (χ3n) is 3.90. The molecule has 0 spiro atoms. The highest BCUT2D eigenvalue weighted by molar-refractivity contribution is 9.10. The first-order chi connectivity index (χ1) is 9.47. The summed E-state index contributed by atoms with van der Waals surface area (Å²) in [6, 6.07) is 15.9. The van der Waals surface area contributed by atoms with Crippen LogP contribution in [0.2, 0.25) is 0 Å². The Kier molecular flexibility index (Phi) is 5.00. The molecule has 0 bridgehead atoms. The summed E-state index contributed by atoms with van der Waals surface area (Å²) in [4.78, 5) is 0. The first-order valence-electron chi connectivity index (χ1n) is 7.06. The molecular formula is C18H22BrN. The van der Waals surface area contributed by atoms with Gasteiger partial charge >= 0.3 is 0 Å². The summed E-state index contributed by atoms with van der Waals surface area (Å²) in [5, 5.41) is 3.66. The Bertz CT molecular complexity index is 574. The van der Waals surface area contributed by atoms with Gasteiger partial charge in [0.1, 0.15) is 0 Å². The maximum atomic E-state index is 3.66. The van der Waals surface area contributed by atoms with Crippen molar-refractivity contribution in [3.8, 4) is 0 Å². The molecule has 1 nitrogen and oxygen atoms in total. The molecule has 0 aliphatic heterocycles. The van der Waals surface area contributed by atoms with Crippen molar-refractivity contribution in [2.75, 3.05) is 0 Å². The summed E-state index contributed by atoms with van der Waals surface area (Å²) in [5.41, 5.74) is 5.36. The highest BCUT2D eigenvalue weighted by atomic mass is 79.9. The summed E-state index contributed by atoms with van der Waals surface area (Å²) in [7, 11) is 0. The lowest BCUT2D eigenvalue weighted by Crippen LogP contribution is -2.22. The molecule has 0 saturated carbocycles. The lowest BCUT2D eigenvalue weighted by Gasteiger charge is -2.21. The van der Waals surface area contributed by atoms with Crippen LogP contribution in [0.15, 0.2) is 46.9 Å². The molecule has 0 aliphatic carbocycles. The predicted molar refractivity (Wildman–Crippen MR) is 90.0 cm³/mol. The molecular weight excluding hydrogens is 310 g/mol. The largest absolute Gasteiger partial charge is 0.304 e. The smallest absolute Gasteiger partial charge is 0.0297 e. The van der Waals surface area contributed by atoms with Gasteiger partial charge in [0.25, 0.3) is 0 Å². The van der Waals surface area contributed by atoms with Gasteiger partial charge in [-0.15, -0.1) is 0 Å². The molecule has 2 aromatic carbocycles. The van der Waals surface area contributed by atoms with E-state index in [1.54, 1.807) is 0 Å². The van der Waals surface area contributed by atoms with Crippen LogP contribution in [0.1, 0.15) is 48.2 Å². The van der Waals surface area contributed by atoms with Gasteiger partial charge in [0.15, 0.2) is 0 Å². The first-order valence-corrected chi connectivity index (χ1v) is 7.85. The van der Waals surface area contributed by atoms with Crippen LogP contribution in [-0.4, -0.2) is 0 Å². The fourth-order valence-electron chi connectivity index (χ4n) is 2.35. The normalized spacial score (nSPS) is 14.1. The van der Waals surface area contributed by atoms with Gasteiger partial charge in [-0.3, -0.25) is 0 Å². The third kappa shape index (κ3) is 3.71. The quantitative estimate of drug-likeness (QED) is 0.782. The van der Waals surface area contributed by atoms with Gasteiger partial charge in [-0.2, -0.15) is 0 Å². The fraction of sp³-hybridized carbons (Fsp3) is 0.333. The Labute approximate surface area is 130 Å². The van der Waals surface area contributed by atoms with Gasteiger partial charge < -0.3 is 5.32 Å². The van der Waals surface area contributed by atoms with Crippen LogP contribution in [0.3, 0.4) is 0 Å². The SMILES string of the molecule is Cc1ccc(C(C)N[C@H](C)c2ccc(Br)cc2)cc1C. The van der Waals surface area contributed by atoms with Crippen molar-refractivity contribution in [2.24, 2.45) is 0 Å². The number of halogens is 1. The van der Waals surface area contributed by atoms with E-state index >= 15 is 0 Å². The first kappa shape index (κ1) is 15.3. The molecule has 2 atom stereocenters. The van der Waals surface area contributed by atoms with Gasteiger partial charge in [-0.05, 0) is 62.1 Å². The van der Waals surface area contributed by atoms with E-state index in [4.69, 9.17) is 0 Å². The zero-order valence-electron chi connectivity index (χ0n) is 12.6. The second kappa shape index (κ2) is 6.55. The predicted octanol–water partition coefficient (Wildman–Crippen LogP) is 5.48. The number of hydrogen-bond donors (Lipinski definition) is 1. The zero-order valence-corrected chi connectivity index (χ0v) is 14.2. The van der Waals surface area contributed by atoms with Crippen LogP contribution in [0.5, 0.6) is 0 Å². The highest BCUT2D eigenvalue weighted by Crippen LogP contribution is 2.22. The van der Waals surface area contributed by atoms with Crippen LogP contribution < -0.4 is 5.32 Å². The third-order valence-corrected chi connectivity index (χ3v) is 4.43. The van der Waals surface area contributed by atoms with Crippen molar-refractivity contribution in [3.63, 3.8) is 0 Å². The average Bonchev–Trinajstić information content (AvgIpc) is 2.42. The molecule has 0 amide bonds. The van der Waals surface area contributed by atoms with Crippen molar-refractivity contribution in [2.45, 2.75) is 39.8 Å². The van der Waals surface area contributed by atoms with E-state index in [9.17, 15) is 0 Å². The van der Waals surface area contributed by atoms with Crippen LogP contribution in [-0.2, 0) is 0 Å². The topological polar surface area (TPSA) is 12.0 Å². The van der Waals surface area contributed by atoms with Gasteiger partial charge in [-0.25, -0.2) is 0 Å². The van der Waals surface area contributed by atoms with Crippen LogP contribution >= 0.6 is 15.9 Å². The maximum absolute atomic E-state index is 3.66. The minimum absolute atomic E-state index is 0.333. The highest BCUT2D eigenvalue weighted by Gasteiger charge is 2.11. The van der Waals surface area contributed by atoms with Gasteiger partial charge in [0.2, 0.25) is 0 Å². The van der Waals surface area contributed by atoms with Crippen LogP contribution in [0, 0.1) is 13.8 Å². The van der Waals surface area contributed by atoms with E-state index in [1.165, 1.54) is 22.3 Å². The minimum atomic E-state index is 0.333. The zero-order chi connectivity index (χ0) is 14.7. The molecule has 0 fully saturated rings. The molecule has 2 aromatic rings. The van der Waals surface area contributed by atoms with E-state index in [1.807, 2.05) is 0 Å². The Hall–Kier alpha value is -1.12. The Morgan fingerprint density at radius 2 is 1.35 bits per heavy atom. The maximum Gasteiger partial charge on any atom is 0.0297 e. The summed E-state index contributed by atoms with van der Waals surface area (Å²) in [5.74, 6) is 0. The number of rotatable bonds is 4. The molecule has 0 aliphatic rings. The molecule has 0 heterocycles. The van der Waals surface area contributed by atoms with Crippen molar-refractivity contribution in [1.29, 1.82) is 0 Å². The molecule has 1 N–H and O–H groups in total. The lowest BCUT2D eigenvalue weighted by molar-refractivity contribution is 0.494. The molecule has 0 saturated heterocycles. The van der Waals surface area contributed by atoms with E-state index in [0.29, 0.717) is 12.1 Å². The minimum Gasteiger partial charge on any atom is -0.304 e. The molecule has 106 valence electrons. The average molecular weight is 332 g/mol.